The molecule has 3 heteroatoms. The van der Waals surface area contributed by atoms with Crippen LogP contribution >= 0.6 is 11.8 Å². The van der Waals surface area contributed by atoms with Gasteiger partial charge in [-0.3, -0.25) is 0 Å². The molecule has 1 aromatic carbocycles. The smallest absolute Gasteiger partial charge is 0.201 e. The van der Waals surface area contributed by atoms with Gasteiger partial charge in [-0.2, -0.15) is 0 Å². The summed E-state index contributed by atoms with van der Waals surface area (Å²) in [4.78, 5) is 1.31. The van der Waals surface area contributed by atoms with E-state index < -0.39 is 0 Å². The van der Waals surface area contributed by atoms with Crippen molar-refractivity contribution in [2.75, 3.05) is 6.26 Å². The molecular formula is C19H20N2S+2. The number of pyridine rings is 2. The predicted molar refractivity (Wildman–Crippen MR) is 91.4 cm³/mol. The van der Waals surface area contributed by atoms with Crippen LogP contribution < -0.4 is 9.13 Å². The number of hydrogen-bond donors (Lipinski definition) is 0. The Morgan fingerprint density at radius 2 is 1.18 bits per heavy atom. The molecule has 2 nitrogen and oxygen atoms in total. The van der Waals surface area contributed by atoms with E-state index in [2.05, 4.69) is 96.5 Å². The van der Waals surface area contributed by atoms with Crippen molar-refractivity contribution < 1.29 is 9.13 Å². The fraction of sp³-hybridized carbons (Fsp3) is 0.158. The van der Waals surface area contributed by atoms with Crippen LogP contribution in [0.3, 0.4) is 0 Å². The Balaban J connectivity index is 2.25. The molecule has 0 fully saturated rings. The topological polar surface area (TPSA) is 7.76 Å². The van der Waals surface area contributed by atoms with Crippen molar-refractivity contribution in [2.24, 2.45) is 14.1 Å². The third-order valence-corrected chi connectivity index (χ3v) is 4.73. The van der Waals surface area contributed by atoms with Gasteiger partial charge in [-0.25, -0.2) is 9.13 Å². The lowest BCUT2D eigenvalue weighted by molar-refractivity contribution is -0.660. The SMILES string of the molecule is CSc1c(-c2cccc[n+]2C)cccc1-c1cccc[n+]1C. The van der Waals surface area contributed by atoms with Gasteiger partial charge in [0, 0.05) is 29.2 Å². The fourth-order valence-corrected chi connectivity index (χ4v) is 3.55. The average Bonchev–Trinajstić information content (AvgIpc) is 2.55. The highest BCUT2D eigenvalue weighted by Crippen LogP contribution is 2.36. The molecule has 0 atom stereocenters. The van der Waals surface area contributed by atoms with Crippen LogP contribution in [0.1, 0.15) is 0 Å². The van der Waals surface area contributed by atoms with Crippen molar-refractivity contribution in [2.45, 2.75) is 4.90 Å². The maximum absolute atomic E-state index is 2.20. The highest BCUT2D eigenvalue weighted by atomic mass is 32.2. The van der Waals surface area contributed by atoms with Crippen LogP contribution in [0, 0.1) is 0 Å². The molecule has 0 radical (unpaired) electrons. The van der Waals surface area contributed by atoms with E-state index in [-0.39, 0.29) is 0 Å². The molecule has 0 unspecified atom stereocenters. The summed E-state index contributed by atoms with van der Waals surface area (Å²) >= 11 is 1.80. The normalized spacial score (nSPS) is 10.7. The number of thioether (sulfide) groups is 1. The van der Waals surface area contributed by atoms with E-state index in [1.165, 1.54) is 27.4 Å². The molecule has 110 valence electrons. The van der Waals surface area contributed by atoms with Gasteiger partial charge < -0.3 is 0 Å². The molecule has 0 N–H and O–H groups in total. The zero-order valence-electron chi connectivity index (χ0n) is 13.2. The van der Waals surface area contributed by atoms with E-state index in [1.807, 2.05) is 0 Å². The first kappa shape index (κ1) is 14.8. The second-order valence-corrected chi connectivity index (χ2v) is 6.10. The van der Waals surface area contributed by atoms with Crippen molar-refractivity contribution in [1.29, 1.82) is 0 Å². The van der Waals surface area contributed by atoms with E-state index in [0.29, 0.717) is 0 Å². The van der Waals surface area contributed by atoms with Crippen LogP contribution in [0.2, 0.25) is 0 Å². The average molecular weight is 308 g/mol. The van der Waals surface area contributed by atoms with Gasteiger partial charge in [0.15, 0.2) is 12.4 Å². The monoisotopic (exact) mass is 308 g/mol. The lowest BCUT2D eigenvalue weighted by atomic mass is 10.0. The summed E-state index contributed by atoms with van der Waals surface area (Å²) < 4.78 is 4.34. The molecule has 22 heavy (non-hydrogen) atoms. The maximum atomic E-state index is 2.20. The first-order valence-electron chi connectivity index (χ1n) is 7.29. The van der Waals surface area contributed by atoms with E-state index in [0.717, 1.165) is 0 Å². The maximum Gasteiger partial charge on any atom is 0.213 e. The number of aromatic nitrogens is 2. The van der Waals surface area contributed by atoms with Crippen molar-refractivity contribution >= 4 is 11.8 Å². The van der Waals surface area contributed by atoms with Gasteiger partial charge in [0.25, 0.3) is 0 Å². The summed E-state index contributed by atoms with van der Waals surface area (Å²) in [6.45, 7) is 0. The van der Waals surface area contributed by atoms with Gasteiger partial charge >= 0.3 is 0 Å². The Hall–Kier alpha value is -2.13. The van der Waals surface area contributed by atoms with Gasteiger partial charge in [-0.05, 0) is 30.5 Å². The van der Waals surface area contributed by atoms with Crippen LogP contribution in [-0.2, 0) is 14.1 Å². The molecule has 0 saturated heterocycles. The summed E-state index contributed by atoms with van der Waals surface area (Å²) in [6, 6.07) is 19.2. The van der Waals surface area contributed by atoms with E-state index >= 15 is 0 Å². The minimum Gasteiger partial charge on any atom is -0.201 e. The molecule has 0 saturated carbocycles. The first-order valence-corrected chi connectivity index (χ1v) is 8.52. The number of benzene rings is 1. The van der Waals surface area contributed by atoms with Gasteiger partial charge in [0.05, 0.1) is 11.1 Å². The van der Waals surface area contributed by atoms with Crippen LogP contribution in [0.25, 0.3) is 22.5 Å². The van der Waals surface area contributed by atoms with Gasteiger partial charge in [-0.15, -0.1) is 11.8 Å². The van der Waals surface area contributed by atoms with Crippen molar-refractivity contribution in [3.05, 3.63) is 67.0 Å². The minimum atomic E-state index is 1.23. The summed E-state index contributed by atoms with van der Waals surface area (Å²) in [5.41, 5.74) is 5.01. The fourth-order valence-electron chi connectivity index (χ4n) is 2.77. The summed E-state index contributed by atoms with van der Waals surface area (Å²) in [7, 11) is 4.18. The minimum absolute atomic E-state index is 1.23. The molecule has 0 amide bonds. The Kier molecular flexibility index (Phi) is 4.25. The van der Waals surface area contributed by atoms with Crippen molar-refractivity contribution in [3.8, 4) is 22.5 Å². The molecule has 0 aliphatic rings. The zero-order valence-corrected chi connectivity index (χ0v) is 14.0. The number of nitrogens with zero attached hydrogens (tertiary/aromatic N) is 2. The Labute approximate surface area is 136 Å². The number of aryl methyl sites for hydroxylation is 2. The predicted octanol–water partition coefficient (Wildman–Crippen LogP) is 3.39. The van der Waals surface area contributed by atoms with Crippen molar-refractivity contribution in [1.82, 2.24) is 0 Å². The molecule has 3 rings (SSSR count). The molecule has 0 aliphatic carbocycles. The van der Waals surface area contributed by atoms with Crippen LogP contribution in [0.4, 0.5) is 0 Å². The van der Waals surface area contributed by atoms with Crippen molar-refractivity contribution in [3.63, 3.8) is 0 Å². The van der Waals surface area contributed by atoms with E-state index in [9.17, 15) is 0 Å². The van der Waals surface area contributed by atoms with Gasteiger partial charge in [-0.1, -0.05) is 6.07 Å². The van der Waals surface area contributed by atoms with E-state index in [1.54, 1.807) is 11.8 Å². The number of hydrogen-bond acceptors (Lipinski definition) is 1. The Bertz CT molecular complexity index is 748. The van der Waals surface area contributed by atoms with Crippen LogP contribution in [-0.4, -0.2) is 6.26 Å². The third kappa shape index (κ3) is 2.64. The molecule has 0 spiro atoms. The Morgan fingerprint density at radius 3 is 1.59 bits per heavy atom. The molecule has 2 heterocycles. The first-order chi connectivity index (χ1) is 10.7. The van der Waals surface area contributed by atoms with E-state index in [4.69, 9.17) is 0 Å². The number of rotatable bonds is 3. The highest BCUT2D eigenvalue weighted by Gasteiger charge is 2.20. The summed E-state index contributed by atoms with van der Waals surface area (Å²) in [5, 5.41) is 0. The third-order valence-electron chi connectivity index (χ3n) is 3.88. The summed E-state index contributed by atoms with van der Waals surface area (Å²) in [5.74, 6) is 0. The second kappa shape index (κ2) is 6.32. The standard InChI is InChI=1S/C19H20N2S/c1-20-13-6-4-11-17(20)15-9-8-10-16(19(15)22-3)18-12-5-7-14-21(18)2/h4-14H,1-3H3/q+2. The molecule has 0 bridgehead atoms. The molecule has 2 aromatic heterocycles. The zero-order chi connectivity index (χ0) is 15.5. The molecule has 3 aromatic rings. The van der Waals surface area contributed by atoms with Gasteiger partial charge in [0.2, 0.25) is 11.4 Å². The highest BCUT2D eigenvalue weighted by molar-refractivity contribution is 7.98. The van der Waals surface area contributed by atoms with Crippen LogP contribution in [0.15, 0.2) is 71.9 Å². The quantitative estimate of drug-likeness (QED) is 0.532. The largest absolute Gasteiger partial charge is 0.213 e. The lowest BCUT2D eigenvalue weighted by Crippen LogP contribution is -2.31. The summed E-state index contributed by atoms with van der Waals surface area (Å²) in [6.07, 6.45) is 6.33. The van der Waals surface area contributed by atoms with Gasteiger partial charge in [0.1, 0.15) is 14.1 Å². The van der Waals surface area contributed by atoms with Crippen LogP contribution in [0.5, 0.6) is 0 Å². The Morgan fingerprint density at radius 1 is 0.682 bits per heavy atom. The second-order valence-electron chi connectivity index (χ2n) is 5.28. The lowest BCUT2D eigenvalue weighted by Gasteiger charge is -2.10. The molecular weight excluding hydrogens is 288 g/mol. The molecule has 0 aliphatic heterocycles.